The zero-order valence-corrected chi connectivity index (χ0v) is 5.63. The van der Waals surface area contributed by atoms with Crippen molar-refractivity contribution in [3.05, 3.63) is 11.8 Å². The van der Waals surface area contributed by atoms with Gasteiger partial charge in [-0.25, -0.2) is 0 Å². The maximum Gasteiger partial charge on any atom is 0.311 e. The van der Waals surface area contributed by atoms with Crippen molar-refractivity contribution >= 4 is 5.97 Å². The van der Waals surface area contributed by atoms with E-state index in [-0.39, 0.29) is 12.5 Å². The van der Waals surface area contributed by atoms with Crippen LogP contribution in [0.1, 0.15) is 13.3 Å². The molecule has 0 saturated carbocycles. The smallest absolute Gasteiger partial charge is 0.311 e. The Bertz CT molecular complexity index is 176. The fourth-order valence-corrected chi connectivity index (χ4v) is 0.760. The van der Waals surface area contributed by atoms with Crippen molar-refractivity contribution in [2.75, 3.05) is 0 Å². The van der Waals surface area contributed by atoms with Crippen LogP contribution < -0.4 is 5.48 Å². The lowest BCUT2D eigenvalue weighted by Gasteiger charge is -1.99. The van der Waals surface area contributed by atoms with Gasteiger partial charge in [0.25, 0.3) is 0 Å². The lowest BCUT2D eigenvalue weighted by atomic mass is 10.3. The van der Waals surface area contributed by atoms with Gasteiger partial charge in [0.1, 0.15) is 12.2 Å². The summed E-state index contributed by atoms with van der Waals surface area (Å²) in [5.74, 6) is -0.387. The zero-order chi connectivity index (χ0) is 7.56. The molecule has 4 heteroatoms. The topological polar surface area (TPSA) is 58.6 Å². The van der Waals surface area contributed by atoms with Gasteiger partial charge >= 0.3 is 5.97 Å². The van der Waals surface area contributed by atoms with Crippen LogP contribution in [0.3, 0.4) is 0 Å². The summed E-state index contributed by atoms with van der Waals surface area (Å²) in [5.41, 5.74) is 2.62. The number of carbonyl (C=O) groups is 1. The van der Waals surface area contributed by atoms with Gasteiger partial charge in [-0.2, -0.15) is 5.48 Å². The van der Waals surface area contributed by atoms with E-state index in [2.05, 4.69) is 5.48 Å². The molecule has 4 nitrogen and oxygen atoms in total. The van der Waals surface area contributed by atoms with Crippen LogP contribution in [-0.2, 0) is 9.63 Å². The number of rotatable bonds is 2. The average Bonchev–Trinajstić information content (AvgIpc) is 2.13. The predicted octanol–water partition coefficient (Wildman–Crippen LogP) is 0.268. The minimum Gasteiger partial charge on any atom is -0.481 e. The van der Waals surface area contributed by atoms with Crippen LogP contribution in [0.25, 0.3) is 0 Å². The fraction of sp³-hybridized carbons (Fsp3) is 0.500. The van der Waals surface area contributed by atoms with E-state index in [1.54, 1.807) is 6.08 Å². The molecule has 1 unspecified atom stereocenters. The van der Waals surface area contributed by atoms with Crippen LogP contribution in [0.2, 0.25) is 0 Å². The molecule has 0 aliphatic carbocycles. The molecule has 0 bridgehead atoms. The number of hydrogen-bond acceptors (Lipinski definition) is 3. The van der Waals surface area contributed by atoms with E-state index in [1.807, 2.05) is 6.92 Å². The van der Waals surface area contributed by atoms with Crippen LogP contribution >= 0.6 is 0 Å². The van der Waals surface area contributed by atoms with E-state index in [4.69, 9.17) is 9.94 Å². The summed E-state index contributed by atoms with van der Waals surface area (Å²) < 4.78 is 0. The van der Waals surface area contributed by atoms with Gasteiger partial charge in [-0.05, 0) is 13.0 Å². The van der Waals surface area contributed by atoms with Crippen LogP contribution in [-0.4, -0.2) is 17.1 Å². The number of hydrogen-bond donors (Lipinski definition) is 2. The SMILES string of the molecule is CC1C=C(CC(=O)O)ON1. The molecule has 0 aromatic carbocycles. The normalized spacial score (nSPS) is 23.7. The first-order chi connectivity index (χ1) is 4.68. The highest BCUT2D eigenvalue weighted by atomic mass is 16.7. The highest BCUT2D eigenvalue weighted by Crippen LogP contribution is 2.09. The van der Waals surface area contributed by atoms with Crippen molar-refractivity contribution in [3.8, 4) is 0 Å². The van der Waals surface area contributed by atoms with Crippen LogP contribution in [0.15, 0.2) is 11.8 Å². The van der Waals surface area contributed by atoms with Crippen molar-refractivity contribution < 1.29 is 14.7 Å². The van der Waals surface area contributed by atoms with Gasteiger partial charge in [0.15, 0.2) is 0 Å². The Labute approximate surface area is 58.4 Å². The average molecular weight is 143 g/mol. The molecule has 0 spiro atoms. The second-order valence-electron chi connectivity index (χ2n) is 2.21. The summed E-state index contributed by atoms with van der Waals surface area (Å²) in [7, 11) is 0. The number of nitrogens with one attached hydrogen (secondary N) is 1. The van der Waals surface area contributed by atoms with Crippen molar-refractivity contribution in [3.63, 3.8) is 0 Å². The molecule has 1 aliphatic heterocycles. The van der Waals surface area contributed by atoms with Crippen molar-refractivity contribution in [1.29, 1.82) is 0 Å². The molecular weight excluding hydrogens is 134 g/mol. The molecule has 0 saturated heterocycles. The Hall–Kier alpha value is -1.03. The van der Waals surface area contributed by atoms with E-state index in [9.17, 15) is 4.79 Å². The second-order valence-corrected chi connectivity index (χ2v) is 2.21. The Morgan fingerprint density at radius 1 is 2.00 bits per heavy atom. The van der Waals surface area contributed by atoms with E-state index in [1.165, 1.54) is 0 Å². The molecule has 1 atom stereocenters. The van der Waals surface area contributed by atoms with Gasteiger partial charge in [-0.1, -0.05) is 0 Å². The minimum absolute atomic E-state index is 0.0443. The van der Waals surface area contributed by atoms with Crippen molar-refractivity contribution in [1.82, 2.24) is 5.48 Å². The Kier molecular flexibility index (Phi) is 1.91. The number of hydroxylamine groups is 1. The largest absolute Gasteiger partial charge is 0.481 e. The monoisotopic (exact) mass is 143 g/mol. The molecular formula is C6H9NO3. The quantitative estimate of drug-likeness (QED) is 0.582. The maximum atomic E-state index is 10.1. The second kappa shape index (κ2) is 2.70. The molecule has 0 amide bonds. The summed E-state index contributed by atoms with van der Waals surface area (Å²) in [6, 6.07) is 0.120. The van der Waals surface area contributed by atoms with E-state index < -0.39 is 5.97 Å². The Morgan fingerprint density at radius 2 is 2.70 bits per heavy atom. The summed E-state index contributed by atoms with van der Waals surface area (Å²) in [4.78, 5) is 14.9. The maximum absolute atomic E-state index is 10.1. The minimum atomic E-state index is -0.873. The van der Waals surface area contributed by atoms with Crippen molar-refractivity contribution in [2.24, 2.45) is 0 Å². The first-order valence-electron chi connectivity index (χ1n) is 3.03. The third-order valence-electron chi connectivity index (χ3n) is 1.14. The van der Waals surface area contributed by atoms with Crippen LogP contribution in [0.5, 0.6) is 0 Å². The predicted molar refractivity (Wildman–Crippen MR) is 34.0 cm³/mol. The molecule has 1 aliphatic rings. The number of aliphatic carboxylic acids is 1. The lowest BCUT2D eigenvalue weighted by Crippen LogP contribution is -2.16. The molecule has 0 aromatic rings. The van der Waals surface area contributed by atoms with Crippen molar-refractivity contribution in [2.45, 2.75) is 19.4 Å². The molecule has 56 valence electrons. The molecule has 2 N–H and O–H groups in total. The molecule has 10 heavy (non-hydrogen) atoms. The van der Waals surface area contributed by atoms with Gasteiger partial charge in [0.05, 0.1) is 6.04 Å². The molecule has 0 aromatic heterocycles. The third kappa shape index (κ3) is 1.73. The summed E-state index contributed by atoms with van der Waals surface area (Å²) in [5, 5.41) is 8.31. The summed E-state index contributed by atoms with van der Waals surface area (Å²) >= 11 is 0. The van der Waals surface area contributed by atoms with Gasteiger partial charge in [0.2, 0.25) is 0 Å². The number of carboxylic acids is 1. The molecule has 0 radical (unpaired) electrons. The highest BCUT2D eigenvalue weighted by molar-refractivity contribution is 5.69. The lowest BCUT2D eigenvalue weighted by molar-refractivity contribution is -0.137. The molecule has 1 heterocycles. The third-order valence-corrected chi connectivity index (χ3v) is 1.14. The molecule has 1 rings (SSSR count). The highest BCUT2D eigenvalue weighted by Gasteiger charge is 2.14. The van der Waals surface area contributed by atoms with Gasteiger partial charge in [-0.3, -0.25) is 4.79 Å². The van der Waals surface area contributed by atoms with Crippen LogP contribution in [0.4, 0.5) is 0 Å². The van der Waals surface area contributed by atoms with E-state index in [0.29, 0.717) is 5.76 Å². The zero-order valence-electron chi connectivity index (χ0n) is 5.63. The fourth-order valence-electron chi connectivity index (χ4n) is 0.760. The van der Waals surface area contributed by atoms with E-state index in [0.717, 1.165) is 0 Å². The van der Waals surface area contributed by atoms with Gasteiger partial charge < -0.3 is 9.94 Å². The van der Waals surface area contributed by atoms with Crippen LogP contribution in [0, 0.1) is 0 Å². The molecule has 0 fully saturated rings. The van der Waals surface area contributed by atoms with Gasteiger partial charge in [-0.15, -0.1) is 0 Å². The Balaban J connectivity index is 2.43. The first-order valence-corrected chi connectivity index (χ1v) is 3.03. The Morgan fingerprint density at radius 3 is 3.10 bits per heavy atom. The van der Waals surface area contributed by atoms with Gasteiger partial charge in [0, 0.05) is 0 Å². The summed E-state index contributed by atoms with van der Waals surface area (Å²) in [6.07, 6.45) is 1.70. The van der Waals surface area contributed by atoms with E-state index >= 15 is 0 Å². The standard InChI is InChI=1S/C6H9NO3/c1-4-2-5(10-7-4)3-6(8)9/h2,4,7H,3H2,1H3,(H,8,9). The summed E-state index contributed by atoms with van der Waals surface area (Å²) in [6.45, 7) is 1.88. The number of carboxylic acid groups (broad SMARTS) is 1. The first kappa shape index (κ1) is 7.08.